The normalized spacial score (nSPS) is 11.1. The quantitative estimate of drug-likeness (QED) is 0.213. The fourth-order valence-electron chi connectivity index (χ4n) is 3.85. The van der Waals surface area contributed by atoms with Crippen LogP contribution in [0.2, 0.25) is 5.02 Å². The fourth-order valence-corrected chi connectivity index (χ4v) is 5.00. The van der Waals surface area contributed by atoms with Crippen LogP contribution >= 0.6 is 23.4 Å². The van der Waals surface area contributed by atoms with Crippen LogP contribution in [0.25, 0.3) is 22.2 Å². The van der Waals surface area contributed by atoms with Crippen molar-refractivity contribution < 1.29 is 4.74 Å². The third-order valence-electron chi connectivity index (χ3n) is 5.59. The van der Waals surface area contributed by atoms with Gasteiger partial charge in [-0.05, 0) is 41.0 Å². The Bertz CT molecular complexity index is 1490. The van der Waals surface area contributed by atoms with E-state index in [1.165, 1.54) is 11.8 Å². The number of methoxy groups -OCH3 is 1. The summed E-state index contributed by atoms with van der Waals surface area (Å²) in [6.45, 7) is 0.406. The second-order valence-electron chi connectivity index (χ2n) is 7.84. The molecule has 5 rings (SSSR count). The van der Waals surface area contributed by atoms with Crippen molar-refractivity contribution >= 4 is 34.4 Å². The number of nitrogens with zero attached hydrogens (tertiary/aromatic N) is 2. The molecule has 7 heteroatoms. The Hall–Kier alpha value is -3.48. The van der Waals surface area contributed by atoms with Gasteiger partial charge in [-0.3, -0.25) is 9.36 Å². The van der Waals surface area contributed by atoms with Crippen LogP contribution in [0, 0.1) is 0 Å². The average Bonchev–Trinajstić information content (AvgIpc) is 3.30. The van der Waals surface area contributed by atoms with E-state index in [1.807, 2.05) is 85.1 Å². The Morgan fingerprint density at radius 2 is 1.79 bits per heavy atom. The van der Waals surface area contributed by atoms with Gasteiger partial charge in [-0.2, -0.15) is 0 Å². The molecule has 0 spiro atoms. The maximum absolute atomic E-state index is 13.6. The van der Waals surface area contributed by atoms with Gasteiger partial charge >= 0.3 is 0 Å². The number of H-pyrrole nitrogens is 1. The number of ether oxygens (including phenoxy) is 1. The number of aromatic amines is 1. The minimum absolute atomic E-state index is 0.100. The first-order valence-electron chi connectivity index (χ1n) is 10.8. The molecular formula is C27H22ClN3O2S. The molecule has 0 atom stereocenters. The van der Waals surface area contributed by atoms with Crippen molar-refractivity contribution in [3.05, 3.63) is 112 Å². The van der Waals surface area contributed by atoms with Gasteiger partial charge in [0, 0.05) is 22.5 Å². The molecule has 0 amide bonds. The van der Waals surface area contributed by atoms with Crippen LogP contribution in [0.15, 0.2) is 95.0 Å². The molecule has 34 heavy (non-hydrogen) atoms. The van der Waals surface area contributed by atoms with Gasteiger partial charge in [-0.15, -0.1) is 0 Å². The molecule has 0 aliphatic carbocycles. The number of nitrogens with one attached hydrogen (secondary N) is 1. The Kier molecular flexibility index (Phi) is 6.43. The Balaban J connectivity index is 1.59. The molecule has 2 heterocycles. The van der Waals surface area contributed by atoms with Crippen LogP contribution in [-0.4, -0.2) is 21.6 Å². The lowest BCUT2D eigenvalue weighted by atomic mass is 10.1. The van der Waals surface area contributed by atoms with Gasteiger partial charge in [0.1, 0.15) is 16.8 Å². The lowest BCUT2D eigenvalue weighted by Crippen LogP contribution is -2.24. The van der Waals surface area contributed by atoms with Crippen LogP contribution in [0.4, 0.5) is 0 Å². The first-order chi connectivity index (χ1) is 16.6. The SMILES string of the molecule is COc1ccc(Cn2c(SCc3cccc(Cl)c3)nc3c(-c4ccccc4)c[nH]c3c2=O)cc1. The molecule has 5 aromatic rings. The first kappa shape index (κ1) is 22.3. The van der Waals surface area contributed by atoms with Crippen LogP contribution in [-0.2, 0) is 12.3 Å². The van der Waals surface area contributed by atoms with Gasteiger partial charge < -0.3 is 9.72 Å². The van der Waals surface area contributed by atoms with E-state index in [0.29, 0.717) is 33.5 Å². The molecule has 3 aromatic carbocycles. The van der Waals surface area contributed by atoms with E-state index >= 15 is 0 Å². The van der Waals surface area contributed by atoms with Crippen LogP contribution in [0.5, 0.6) is 5.75 Å². The second-order valence-corrected chi connectivity index (χ2v) is 9.22. The average molecular weight is 488 g/mol. The molecule has 0 aliphatic rings. The minimum atomic E-state index is -0.100. The van der Waals surface area contributed by atoms with E-state index in [9.17, 15) is 4.79 Å². The van der Waals surface area contributed by atoms with Crippen molar-refractivity contribution in [1.82, 2.24) is 14.5 Å². The Labute approximate surface area is 206 Å². The van der Waals surface area contributed by atoms with Crippen molar-refractivity contribution in [3.8, 4) is 16.9 Å². The number of benzene rings is 3. The Morgan fingerprint density at radius 1 is 1.00 bits per heavy atom. The van der Waals surface area contributed by atoms with Gasteiger partial charge in [0.05, 0.1) is 13.7 Å². The number of halogens is 1. The summed E-state index contributed by atoms with van der Waals surface area (Å²) in [4.78, 5) is 21.8. The second kappa shape index (κ2) is 9.79. The van der Waals surface area contributed by atoms with Crippen molar-refractivity contribution in [1.29, 1.82) is 0 Å². The van der Waals surface area contributed by atoms with Gasteiger partial charge in [-0.1, -0.05) is 78.0 Å². The monoisotopic (exact) mass is 487 g/mol. The van der Waals surface area contributed by atoms with E-state index in [1.54, 1.807) is 11.7 Å². The van der Waals surface area contributed by atoms with Crippen molar-refractivity contribution in [3.63, 3.8) is 0 Å². The van der Waals surface area contributed by atoms with Crippen molar-refractivity contribution in [2.75, 3.05) is 7.11 Å². The summed E-state index contributed by atoms with van der Waals surface area (Å²) in [6, 6.07) is 25.4. The summed E-state index contributed by atoms with van der Waals surface area (Å²) in [5.41, 5.74) is 5.06. The maximum Gasteiger partial charge on any atom is 0.278 e. The molecule has 0 saturated carbocycles. The Morgan fingerprint density at radius 3 is 2.53 bits per heavy atom. The predicted molar refractivity (Wildman–Crippen MR) is 139 cm³/mol. The largest absolute Gasteiger partial charge is 0.497 e. The van der Waals surface area contributed by atoms with E-state index in [2.05, 4.69) is 4.98 Å². The van der Waals surface area contributed by atoms with Crippen molar-refractivity contribution in [2.24, 2.45) is 0 Å². The molecule has 0 bridgehead atoms. The molecule has 2 aromatic heterocycles. The van der Waals surface area contributed by atoms with E-state index < -0.39 is 0 Å². The van der Waals surface area contributed by atoms with Gasteiger partial charge in [0.15, 0.2) is 5.16 Å². The van der Waals surface area contributed by atoms with Crippen LogP contribution in [0.1, 0.15) is 11.1 Å². The molecule has 1 N–H and O–H groups in total. The summed E-state index contributed by atoms with van der Waals surface area (Å²) < 4.78 is 6.99. The van der Waals surface area contributed by atoms with Crippen LogP contribution in [0.3, 0.4) is 0 Å². The third-order valence-corrected chi connectivity index (χ3v) is 6.87. The molecule has 0 radical (unpaired) electrons. The molecule has 0 aliphatic heterocycles. The zero-order valence-electron chi connectivity index (χ0n) is 18.5. The molecule has 0 saturated heterocycles. The van der Waals surface area contributed by atoms with Gasteiger partial charge in [0.25, 0.3) is 5.56 Å². The third kappa shape index (κ3) is 4.60. The fraction of sp³-hybridized carbons (Fsp3) is 0.111. The number of hydrogen-bond acceptors (Lipinski definition) is 4. The lowest BCUT2D eigenvalue weighted by Gasteiger charge is -2.13. The summed E-state index contributed by atoms with van der Waals surface area (Å²) in [6.07, 6.45) is 1.86. The van der Waals surface area contributed by atoms with Gasteiger partial charge in [0.2, 0.25) is 0 Å². The number of hydrogen-bond donors (Lipinski definition) is 1. The highest BCUT2D eigenvalue weighted by molar-refractivity contribution is 7.98. The van der Waals surface area contributed by atoms with E-state index in [4.69, 9.17) is 21.3 Å². The van der Waals surface area contributed by atoms with Gasteiger partial charge in [-0.25, -0.2) is 4.98 Å². The number of fused-ring (bicyclic) bond motifs is 1. The number of thioether (sulfide) groups is 1. The zero-order chi connectivity index (χ0) is 23.5. The number of rotatable bonds is 7. The highest BCUT2D eigenvalue weighted by Gasteiger charge is 2.17. The summed E-state index contributed by atoms with van der Waals surface area (Å²) in [7, 11) is 1.64. The maximum atomic E-state index is 13.6. The molecule has 5 nitrogen and oxygen atoms in total. The topological polar surface area (TPSA) is 59.9 Å². The summed E-state index contributed by atoms with van der Waals surface area (Å²) in [5.74, 6) is 1.42. The summed E-state index contributed by atoms with van der Waals surface area (Å²) in [5, 5.41) is 1.35. The van der Waals surface area contributed by atoms with E-state index in [0.717, 1.165) is 28.0 Å². The van der Waals surface area contributed by atoms with Crippen molar-refractivity contribution in [2.45, 2.75) is 17.5 Å². The lowest BCUT2D eigenvalue weighted by molar-refractivity contribution is 0.414. The first-order valence-corrected chi connectivity index (χ1v) is 12.2. The summed E-state index contributed by atoms with van der Waals surface area (Å²) >= 11 is 7.70. The molecule has 0 fully saturated rings. The molecule has 0 unspecified atom stereocenters. The van der Waals surface area contributed by atoms with E-state index in [-0.39, 0.29) is 5.56 Å². The smallest absolute Gasteiger partial charge is 0.278 e. The molecular weight excluding hydrogens is 466 g/mol. The molecule has 170 valence electrons. The number of aromatic nitrogens is 3. The standard InChI is InChI=1S/C27H22ClN3O2S/c1-33-22-12-10-18(11-13-22)16-31-26(32)25-24(23(15-29-25)20-7-3-2-4-8-20)30-27(31)34-17-19-6-5-9-21(28)14-19/h2-15,29H,16-17H2,1H3. The predicted octanol–water partition coefficient (Wildman–Crippen LogP) is 6.39. The highest BCUT2D eigenvalue weighted by Crippen LogP contribution is 2.29. The minimum Gasteiger partial charge on any atom is -0.497 e. The zero-order valence-corrected chi connectivity index (χ0v) is 20.1. The highest BCUT2D eigenvalue weighted by atomic mass is 35.5. The van der Waals surface area contributed by atoms with Crippen LogP contribution < -0.4 is 10.3 Å².